The fraction of sp³-hybridized carbons (Fsp3) is 0.833. The molecule has 4 atom stereocenters. The van der Waals surface area contributed by atoms with Crippen LogP contribution in [0.2, 0.25) is 0 Å². The molecule has 4 rings (SSSR count). The van der Waals surface area contributed by atoms with Crippen molar-refractivity contribution in [3.05, 3.63) is 0 Å². The summed E-state index contributed by atoms with van der Waals surface area (Å²) in [6.45, 7) is 13.8. The zero-order valence-electron chi connectivity index (χ0n) is 21.1. The Balaban J connectivity index is 0.000000181. The Morgan fingerprint density at radius 3 is 2.09 bits per heavy atom. The van der Waals surface area contributed by atoms with Crippen LogP contribution in [0.4, 0.5) is 0 Å². The number of aliphatic imine (C=N–C) groups is 1. The van der Waals surface area contributed by atoms with Gasteiger partial charge in [-0.3, -0.25) is 10.4 Å². The monoisotopic (exact) mass is 478 g/mol. The molecule has 0 radical (unpaired) electrons. The van der Waals surface area contributed by atoms with Gasteiger partial charge in [-0.25, -0.2) is 0 Å². The van der Waals surface area contributed by atoms with Crippen molar-refractivity contribution in [3.8, 4) is 0 Å². The highest BCUT2D eigenvalue weighted by atomic mass is 32.1. The molecule has 4 bridgehead atoms. The smallest absolute Gasteiger partial charge is 0.174 e. The number of likely N-dealkylation sites (tertiary alicyclic amines) is 1. The Kier molecular flexibility index (Phi) is 6.73. The van der Waals surface area contributed by atoms with Crippen molar-refractivity contribution in [3.63, 3.8) is 0 Å². The highest BCUT2D eigenvalue weighted by Crippen LogP contribution is 2.53. The maximum Gasteiger partial charge on any atom is 0.174 e. The van der Waals surface area contributed by atoms with Crippen LogP contribution in [-0.2, 0) is 0 Å². The van der Waals surface area contributed by atoms with Gasteiger partial charge in [0.25, 0.3) is 0 Å². The number of hydrogen-bond donors (Lipinski definition) is 4. The second-order valence-corrected chi connectivity index (χ2v) is 13.2. The molecule has 8 heteroatoms. The van der Waals surface area contributed by atoms with Gasteiger partial charge < -0.3 is 20.9 Å². The van der Waals surface area contributed by atoms with Crippen molar-refractivity contribution < 1.29 is 0 Å². The molecular formula is C24H42N6S2. The summed E-state index contributed by atoms with van der Waals surface area (Å²) in [6.07, 6.45) is 6.86. The lowest BCUT2D eigenvalue weighted by Gasteiger charge is -2.40. The minimum Gasteiger partial charge on any atom is -0.365 e. The van der Waals surface area contributed by atoms with Gasteiger partial charge in [0.1, 0.15) is 11.7 Å². The SMILES string of the molecule is CNC(=S)N1C(=N)C2(C)CC1CC(C)(C)C2.CNC(=S)NC1=NC2CC(C)(C)CC1(C)C2. The van der Waals surface area contributed by atoms with Crippen LogP contribution >= 0.6 is 24.4 Å². The number of nitrogens with zero attached hydrogens (tertiary/aromatic N) is 2. The van der Waals surface area contributed by atoms with E-state index in [1.807, 2.05) is 19.0 Å². The largest absolute Gasteiger partial charge is 0.365 e. The molecule has 180 valence electrons. The van der Waals surface area contributed by atoms with Crippen molar-refractivity contribution in [2.45, 2.75) is 92.2 Å². The summed E-state index contributed by atoms with van der Waals surface area (Å²) in [6, 6.07) is 0.900. The zero-order valence-corrected chi connectivity index (χ0v) is 22.7. The summed E-state index contributed by atoms with van der Waals surface area (Å²) in [7, 11) is 3.68. The van der Waals surface area contributed by atoms with Gasteiger partial charge in [-0.15, -0.1) is 0 Å². The number of hydrogen-bond acceptors (Lipinski definition) is 4. The quantitative estimate of drug-likeness (QED) is 0.386. The van der Waals surface area contributed by atoms with Gasteiger partial charge in [0, 0.05) is 31.0 Å². The number of fused-ring (bicyclic) bond motifs is 4. The van der Waals surface area contributed by atoms with E-state index in [9.17, 15) is 0 Å². The van der Waals surface area contributed by atoms with Crippen LogP contribution in [0.15, 0.2) is 4.99 Å². The van der Waals surface area contributed by atoms with Crippen molar-refractivity contribution >= 4 is 46.3 Å². The molecule has 4 unspecified atom stereocenters. The summed E-state index contributed by atoms with van der Waals surface area (Å²) < 4.78 is 0. The molecule has 0 aromatic heterocycles. The molecule has 2 heterocycles. The predicted octanol–water partition coefficient (Wildman–Crippen LogP) is 4.45. The molecule has 0 aromatic rings. The average molecular weight is 479 g/mol. The first kappa shape index (κ1) is 25.3. The van der Waals surface area contributed by atoms with Crippen molar-refractivity contribution in [2.75, 3.05) is 14.1 Å². The van der Waals surface area contributed by atoms with Crippen LogP contribution in [-0.4, -0.2) is 53.0 Å². The van der Waals surface area contributed by atoms with Gasteiger partial charge in [-0.05, 0) is 73.8 Å². The minimum absolute atomic E-state index is 0.0212. The van der Waals surface area contributed by atoms with Crippen LogP contribution in [0.3, 0.4) is 0 Å². The maximum absolute atomic E-state index is 8.34. The zero-order chi connectivity index (χ0) is 24.1. The third-order valence-electron chi connectivity index (χ3n) is 7.64. The van der Waals surface area contributed by atoms with Crippen molar-refractivity contribution in [2.24, 2.45) is 26.7 Å². The van der Waals surface area contributed by atoms with E-state index in [0.717, 1.165) is 25.1 Å². The average Bonchev–Trinajstić information content (AvgIpc) is 2.98. The first-order valence-corrected chi connectivity index (χ1v) is 12.6. The Hall–Kier alpha value is -1.28. The summed E-state index contributed by atoms with van der Waals surface area (Å²) >= 11 is 10.5. The van der Waals surface area contributed by atoms with Gasteiger partial charge in [0.2, 0.25) is 0 Å². The number of rotatable bonds is 0. The second-order valence-electron chi connectivity index (χ2n) is 12.4. The van der Waals surface area contributed by atoms with E-state index in [2.05, 4.69) is 57.5 Å². The molecule has 4 N–H and O–H groups in total. The molecule has 1 saturated heterocycles. The summed E-state index contributed by atoms with van der Waals surface area (Å²) in [4.78, 5) is 6.82. The molecule has 0 aromatic carbocycles. The van der Waals surface area contributed by atoms with Gasteiger partial charge in [0.05, 0.1) is 6.04 Å². The first-order valence-electron chi connectivity index (χ1n) is 11.8. The molecule has 2 aliphatic heterocycles. The summed E-state index contributed by atoms with van der Waals surface area (Å²) in [5, 5.41) is 18.9. The predicted molar refractivity (Wildman–Crippen MR) is 143 cm³/mol. The lowest BCUT2D eigenvalue weighted by molar-refractivity contribution is 0.142. The molecule has 0 amide bonds. The summed E-state index contributed by atoms with van der Waals surface area (Å²) in [5.41, 5.74) is 0.925. The fourth-order valence-electron chi connectivity index (χ4n) is 7.05. The molecule has 2 aliphatic carbocycles. The highest BCUT2D eigenvalue weighted by molar-refractivity contribution is 7.80. The van der Waals surface area contributed by atoms with Crippen LogP contribution in [0, 0.1) is 27.1 Å². The summed E-state index contributed by atoms with van der Waals surface area (Å²) in [5.74, 6) is 1.80. The van der Waals surface area contributed by atoms with E-state index in [1.165, 1.54) is 19.3 Å². The van der Waals surface area contributed by atoms with E-state index < -0.39 is 0 Å². The number of amidine groups is 2. The van der Waals surface area contributed by atoms with Crippen LogP contribution in [0.25, 0.3) is 0 Å². The van der Waals surface area contributed by atoms with E-state index >= 15 is 0 Å². The van der Waals surface area contributed by atoms with Gasteiger partial charge in [0.15, 0.2) is 10.2 Å². The minimum atomic E-state index is 0.0212. The van der Waals surface area contributed by atoms with Gasteiger partial charge in [-0.2, -0.15) is 0 Å². The standard InChI is InChI=1S/2C12H21N3S/c1-11(2)5-8-6-12(3,7-11)9(13)15(8)10(16)14-4;1-11(2)5-8-6-12(3,7-11)9(14-8)15-10(16)13-4/h8,13H,5-7H2,1-4H3,(H,14,16);8H,5-7H2,1-4H3,(H2,13,14,15,16). The number of thiocarbonyl (C=S) groups is 2. The Morgan fingerprint density at radius 2 is 1.50 bits per heavy atom. The van der Waals surface area contributed by atoms with E-state index in [0.29, 0.717) is 39.0 Å². The van der Waals surface area contributed by atoms with E-state index in [1.54, 1.807) is 0 Å². The Labute approximate surface area is 205 Å². The molecule has 2 saturated carbocycles. The van der Waals surface area contributed by atoms with E-state index in [4.69, 9.17) is 34.8 Å². The Morgan fingerprint density at radius 1 is 0.906 bits per heavy atom. The molecule has 4 aliphatic rings. The van der Waals surface area contributed by atoms with Gasteiger partial charge in [-0.1, -0.05) is 41.5 Å². The fourth-order valence-corrected chi connectivity index (χ4v) is 7.39. The lowest BCUT2D eigenvalue weighted by Crippen LogP contribution is -2.46. The van der Waals surface area contributed by atoms with Crippen LogP contribution < -0.4 is 16.0 Å². The number of nitrogens with one attached hydrogen (secondary N) is 4. The van der Waals surface area contributed by atoms with Crippen LogP contribution in [0.5, 0.6) is 0 Å². The van der Waals surface area contributed by atoms with E-state index in [-0.39, 0.29) is 10.8 Å². The lowest BCUT2D eigenvalue weighted by atomic mass is 9.64. The maximum atomic E-state index is 8.34. The molecule has 3 fully saturated rings. The van der Waals surface area contributed by atoms with Gasteiger partial charge >= 0.3 is 0 Å². The van der Waals surface area contributed by atoms with Crippen LogP contribution in [0.1, 0.15) is 80.1 Å². The molecule has 32 heavy (non-hydrogen) atoms. The molecule has 6 nitrogen and oxygen atoms in total. The normalized spacial score (nSPS) is 35.9. The second kappa shape index (κ2) is 8.49. The Bertz CT molecular complexity index is 832. The first-order chi connectivity index (χ1) is 14.6. The van der Waals surface area contributed by atoms with Crippen molar-refractivity contribution in [1.82, 2.24) is 20.9 Å². The molecule has 0 spiro atoms. The van der Waals surface area contributed by atoms with Crippen molar-refractivity contribution in [1.29, 1.82) is 5.41 Å². The third kappa shape index (κ3) is 4.96. The topological polar surface area (TPSA) is 75.5 Å². The highest BCUT2D eigenvalue weighted by Gasteiger charge is 2.54. The molecular weight excluding hydrogens is 436 g/mol. The third-order valence-corrected chi connectivity index (χ3v) is 8.35.